The number of carbonyl (C=O) groups excluding carboxylic acids is 2. The summed E-state index contributed by atoms with van der Waals surface area (Å²) in [6, 6.07) is 5.07. The van der Waals surface area contributed by atoms with Crippen molar-refractivity contribution < 1.29 is 22.8 Å². The molecule has 1 aromatic carbocycles. The molecule has 1 atom stereocenters. The first-order valence-corrected chi connectivity index (χ1v) is 12.4. The highest BCUT2D eigenvalue weighted by Gasteiger charge is 2.54. The van der Waals surface area contributed by atoms with Gasteiger partial charge in [0, 0.05) is 24.4 Å². The fourth-order valence-electron chi connectivity index (χ4n) is 5.12. The topological polar surface area (TPSA) is 65.5 Å². The van der Waals surface area contributed by atoms with Gasteiger partial charge in [-0.1, -0.05) is 25.1 Å². The third kappa shape index (κ3) is 4.84. The lowest BCUT2D eigenvalue weighted by molar-refractivity contribution is -0.137. The number of thiazole rings is 1. The summed E-state index contributed by atoms with van der Waals surface area (Å²) in [6.07, 6.45) is -1.87. The van der Waals surface area contributed by atoms with Crippen LogP contribution in [0.5, 0.6) is 0 Å². The smallest absolute Gasteiger partial charge is 0.323 e. The Labute approximate surface area is 201 Å². The van der Waals surface area contributed by atoms with Gasteiger partial charge in [-0.3, -0.25) is 14.6 Å². The molecule has 2 aliphatic rings. The summed E-state index contributed by atoms with van der Waals surface area (Å²) >= 11 is 1.52. The first-order chi connectivity index (χ1) is 16.1. The summed E-state index contributed by atoms with van der Waals surface area (Å²) in [5, 5.41) is 3.00. The number of benzene rings is 1. The third-order valence-corrected chi connectivity index (χ3v) is 8.11. The summed E-state index contributed by atoms with van der Waals surface area (Å²) in [6.45, 7) is 5.91. The minimum absolute atomic E-state index is 0.0122. The number of aromatic nitrogens is 1. The third-order valence-electron chi connectivity index (χ3n) is 7.11. The monoisotopic (exact) mass is 494 g/mol. The van der Waals surface area contributed by atoms with Crippen LogP contribution >= 0.6 is 11.3 Å². The van der Waals surface area contributed by atoms with E-state index < -0.39 is 17.3 Å². The van der Waals surface area contributed by atoms with Gasteiger partial charge in [0.1, 0.15) is 5.54 Å². The average Bonchev–Trinajstić information content (AvgIpc) is 3.32. The first kappa shape index (κ1) is 24.7. The van der Waals surface area contributed by atoms with Crippen LogP contribution in [-0.2, 0) is 23.9 Å². The van der Waals surface area contributed by atoms with Crippen LogP contribution in [0, 0.1) is 12.8 Å². The molecule has 3 heterocycles. The highest BCUT2D eigenvalue weighted by Crippen LogP contribution is 2.37. The molecule has 0 bridgehead atoms. The highest BCUT2D eigenvalue weighted by atomic mass is 32.1. The van der Waals surface area contributed by atoms with E-state index in [1.165, 1.54) is 28.4 Å². The van der Waals surface area contributed by atoms with E-state index in [0.717, 1.165) is 16.6 Å². The number of nitrogens with zero attached hydrogens (tertiary/aromatic N) is 3. The Bertz CT molecular complexity index is 1050. The van der Waals surface area contributed by atoms with Crippen molar-refractivity contribution in [2.24, 2.45) is 5.92 Å². The number of aryl methyl sites for hydroxylation is 1. The second-order valence-electron chi connectivity index (χ2n) is 9.07. The Balaban J connectivity index is 1.38. The lowest BCUT2D eigenvalue weighted by Gasteiger charge is -2.40. The van der Waals surface area contributed by atoms with Crippen molar-refractivity contribution >= 4 is 23.3 Å². The molecule has 2 aromatic rings. The van der Waals surface area contributed by atoms with Gasteiger partial charge in [-0.2, -0.15) is 13.2 Å². The molecular formula is C24H29F3N4O2S. The number of hydrogen-bond donors (Lipinski definition) is 1. The molecule has 184 valence electrons. The maximum absolute atomic E-state index is 13.4. The van der Waals surface area contributed by atoms with Crippen molar-refractivity contribution in [2.75, 3.05) is 19.6 Å². The van der Waals surface area contributed by atoms with Gasteiger partial charge in [0.05, 0.1) is 16.8 Å². The molecule has 2 aliphatic heterocycles. The van der Waals surface area contributed by atoms with Crippen molar-refractivity contribution in [3.05, 3.63) is 51.5 Å². The Morgan fingerprint density at radius 3 is 2.59 bits per heavy atom. The van der Waals surface area contributed by atoms with Gasteiger partial charge >= 0.3 is 12.2 Å². The number of carbonyl (C=O) groups is 2. The Kier molecular flexibility index (Phi) is 7.00. The summed E-state index contributed by atoms with van der Waals surface area (Å²) in [5.41, 5.74) is 1.75. The van der Waals surface area contributed by atoms with Crippen molar-refractivity contribution in [1.29, 1.82) is 0 Å². The second-order valence-corrected chi connectivity index (χ2v) is 10.0. The molecule has 1 aromatic heterocycles. The zero-order chi connectivity index (χ0) is 24.5. The number of halogens is 3. The largest absolute Gasteiger partial charge is 0.416 e. The lowest BCUT2D eigenvalue weighted by Crippen LogP contribution is -2.55. The Morgan fingerprint density at radius 2 is 1.97 bits per heavy atom. The van der Waals surface area contributed by atoms with Crippen LogP contribution in [-0.4, -0.2) is 51.9 Å². The van der Waals surface area contributed by atoms with Gasteiger partial charge in [-0.25, -0.2) is 9.78 Å². The van der Waals surface area contributed by atoms with Crippen molar-refractivity contribution in [1.82, 2.24) is 20.1 Å². The minimum atomic E-state index is -4.36. The molecule has 0 aliphatic carbocycles. The molecule has 4 rings (SSSR count). The standard InChI is InChI=1S/C24H29F3N4O2S/c1-3-23(21(32)31(22(33)29-23)12-9-20-16(2)28-15-34-20)18-7-10-30(11-8-18)14-17-5-4-6-19(13-17)24(25,26)27/h4-6,13,15,18H,3,7-12,14H2,1-2H3,(H,29,33)/t23-/m1/s1. The van der Waals surface area contributed by atoms with Gasteiger partial charge in [0.15, 0.2) is 0 Å². The van der Waals surface area contributed by atoms with Crippen LogP contribution in [0.2, 0.25) is 0 Å². The minimum Gasteiger partial charge on any atom is -0.323 e. The van der Waals surface area contributed by atoms with Crippen LogP contribution < -0.4 is 5.32 Å². The SMILES string of the molecule is CC[C@]1(C2CCN(Cc3cccc(C(F)(F)F)c3)CC2)NC(=O)N(CCc2scnc2C)C1=O. The molecule has 0 spiro atoms. The average molecular weight is 495 g/mol. The summed E-state index contributed by atoms with van der Waals surface area (Å²) in [7, 11) is 0. The van der Waals surface area contributed by atoms with Crippen molar-refractivity contribution in [3.63, 3.8) is 0 Å². The molecule has 2 saturated heterocycles. The molecule has 34 heavy (non-hydrogen) atoms. The number of imide groups is 1. The van der Waals surface area contributed by atoms with Crippen LogP contribution in [0.3, 0.4) is 0 Å². The molecule has 0 unspecified atom stereocenters. The molecule has 10 heteroatoms. The fourth-order valence-corrected chi connectivity index (χ4v) is 5.89. The van der Waals surface area contributed by atoms with E-state index in [9.17, 15) is 22.8 Å². The molecule has 1 N–H and O–H groups in total. The zero-order valence-electron chi connectivity index (χ0n) is 19.3. The first-order valence-electron chi connectivity index (χ1n) is 11.6. The number of piperidine rings is 1. The summed E-state index contributed by atoms with van der Waals surface area (Å²) < 4.78 is 39.1. The predicted molar refractivity (Wildman–Crippen MR) is 123 cm³/mol. The molecule has 3 amide bonds. The number of likely N-dealkylation sites (tertiary alicyclic amines) is 1. The number of alkyl halides is 3. The van der Waals surface area contributed by atoms with E-state index in [4.69, 9.17) is 0 Å². The normalized spacial score (nSPS) is 22.4. The van der Waals surface area contributed by atoms with Gasteiger partial charge in [0.25, 0.3) is 5.91 Å². The van der Waals surface area contributed by atoms with E-state index in [2.05, 4.69) is 15.2 Å². The quantitative estimate of drug-likeness (QED) is 0.571. The number of nitrogens with one attached hydrogen (secondary N) is 1. The maximum Gasteiger partial charge on any atom is 0.416 e. The lowest BCUT2D eigenvalue weighted by atomic mass is 9.75. The van der Waals surface area contributed by atoms with Gasteiger partial charge in [-0.15, -0.1) is 11.3 Å². The molecular weight excluding hydrogens is 465 g/mol. The highest BCUT2D eigenvalue weighted by molar-refractivity contribution is 7.09. The fraction of sp³-hybridized carbons (Fsp3) is 0.542. The number of hydrogen-bond acceptors (Lipinski definition) is 5. The predicted octanol–water partition coefficient (Wildman–Crippen LogP) is 4.63. The van der Waals surface area contributed by atoms with Crippen LogP contribution in [0.4, 0.5) is 18.0 Å². The maximum atomic E-state index is 13.4. The zero-order valence-corrected chi connectivity index (χ0v) is 20.1. The Morgan fingerprint density at radius 1 is 1.24 bits per heavy atom. The number of amides is 3. The van der Waals surface area contributed by atoms with Crippen molar-refractivity contribution in [2.45, 2.75) is 57.8 Å². The van der Waals surface area contributed by atoms with Gasteiger partial charge in [0.2, 0.25) is 0 Å². The summed E-state index contributed by atoms with van der Waals surface area (Å²) in [4.78, 5) is 34.9. The van der Waals surface area contributed by atoms with E-state index in [-0.39, 0.29) is 17.9 Å². The molecule has 6 nitrogen and oxygen atoms in total. The van der Waals surface area contributed by atoms with Gasteiger partial charge in [-0.05, 0) is 56.8 Å². The van der Waals surface area contributed by atoms with E-state index in [0.29, 0.717) is 57.4 Å². The number of rotatable bonds is 7. The van der Waals surface area contributed by atoms with Crippen LogP contribution in [0.15, 0.2) is 29.8 Å². The second kappa shape index (κ2) is 9.65. The molecule has 2 fully saturated rings. The molecule has 0 saturated carbocycles. The number of urea groups is 1. The Hall–Kier alpha value is -2.46. The van der Waals surface area contributed by atoms with E-state index in [1.54, 1.807) is 11.6 Å². The molecule has 0 radical (unpaired) electrons. The van der Waals surface area contributed by atoms with Crippen LogP contribution in [0.1, 0.15) is 47.9 Å². The van der Waals surface area contributed by atoms with E-state index >= 15 is 0 Å². The van der Waals surface area contributed by atoms with Gasteiger partial charge < -0.3 is 5.32 Å². The van der Waals surface area contributed by atoms with Crippen LogP contribution in [0.25, 0.3) is 0 Å². The summed E-state index contributed by atoms with van der Waals surface area (Å²) in [5.74, 6) is -0.180. The van der Waals surface area contributed by atoms with Crippen molar-refractivity contribution in [3.8, 4) is 0 Å². The van der Waals surface area contributed by atoms with E-state index in [1.807, 2.05) is 13.8 Å².